The fourth-order valence-electron chi connectivity index (χ4n) is 3.92. The number of fused-ring (bicyclic) bond motifs is 1. The Balaban J connectivity index is 1.15. The van der Waals surface area contributed by atoms with Gasteiger partial charge in [-0.15, -0.1) is 5.10 Å². The van der Waals surface area contributed by atoms with Crippen LogP contribution in [0.3, 0.4) is 0 Å². The van der Waals surface area contributed by atoms with E-state index in [1.54, 1.807) is 15.5 Å². The van der Waals surface area contributed by atoms with Crippen LogP contribution in [-0.4, -0.2) is 44.4 Å². The summed E-state index contributed by atoms with van der Waals surface area (Å²) >= 11 is 7.28. The van der Waals surface area contributed by atoms with Crippen molar-refractivity contribution in [1.82, 2.24) is 19.5 Å². The van der Waals surface area contributed by atoms with Crippen LogP contribution < -0.4 is 5.32 Å². The van der Waals surface area contributed by atoms with Crippen LogP contribution in [-0.2, 0) is 9.59 Å². The number of rotatable bonds is 5. The van der Waals surface area contributed by atoms with E-state index < -0.39 is 0 Å². The van der Waals surface area contributed by atoms with Crippen LogP contribution in [0.1, 0.15) is 18.4 Å². The number of hydrogen-bond donors (Lipinski definition) is 1. The van der Waals surface area contributed by atoms with Gasteiger partial charge in [-0.25, -0.2) is 9.50 Å². The lowest BCUT2D eigenvalue weighted by atomic mass is 9.96. The molecule has 34 heavy (non-hydrogen) atoms. The Morgan fingerprint density at radius 1 is 1.06 bits per heavy atom. The van der Waals surface area contributed by atoms with Crippen molar-refractivity contribution in [2.75, 3.05) is 18.4 Å². The molecule has 9 heteroatoms. The van der Waals surface area contributed by atoms with Crippen LogP contribution in [0.5, 0.6) is 0 Å². The summed E-state index contributed by atoms with van der Waals surface area (Å²) in [7, 11) is 0. The Labute approximate surface area is 205 Å². The molecule has 1 aliphatic rings. The first-order chi connectivity index (χ1) is 16.5. The highest BCUT2D eigenvalue weighted by Gasteiger charge is 2.27. The lowest BCUT2D eigenvalue weighted by molar-refractivity contribution is -0.130. The van der Waals surface area contributed by atoms with E-state index in [0.717, 1.165) is 16.8 Å². The van der Waals surface area contributed by atoms with Gasteiger partial charge in [0.15, 0.2) is 0 Å². The summed E-state index contributed by atoms with van der Waals surface area (Å²) < 4.78 is 1.67. The molecule has 2 amide bonds. The van der Waals surface area contributed by atoms with Crippen molar-refractivity contribution < 1.29 is 9.59 Å². The first-order valence-corrected chi connectivity index (χ1v) is 12.2. The fourth-order valence-corrected chi connectivity index (χ4v) is 4.83. The zero-order valence-corrected chi connectivity index (χ0v) is 19.8. The van der Waals surface area contributed by atoms with Gasteiger partial charge in [0, 0.05) is 35.7 Å². The summed E-state index contributed by atoms with van der Waals surface area (Å²) in [6.45, 7) is 1.11. The first kappa shape index (κ1) is 22.3. The second-order valence-electron chi connectivity index (χ2n) is 8.10. The van der Waals surface area contributed by atoms with Gasteiger partial charge in [-0.2, -0.15) is 0 Å². The van der Waals surface area contributed by atoms with Gasteiger partial charge >= 0.3 is 0 Å². The summed E-state index contributed by atoms with van der Waals surface area (Å²) in [5, 5.41) is 8.55. The van der Waals surface area contributed by atoms with Crippen molar-refractivity contribution in [3.05, 3.63) is 77.5 Å². The number of piperidine rings is 1. The van der Waals surface area contributed by atoms with Gasteiger partial charge in [-0.05, 0) is 36.6 Å². The lowest BCUT2D eigenvalue weighted by Gasteiger charge is -2.30. The maximum atomic E-state index is 12.8. The molecule has 0 aliphatic carbocycles. The maximum Gasteiger partial charge on any atom is 0.246 e. The molecule has 2 aromatic carbocycles. The molecule has 3 heterocycles. The predicted octanol–water partition coefficient (Wildman–Crippen LogP) is 5.00. The number of benzene rings is 2. The summed E-state index contributed by atoms with van der Waals surface area (Å²) in [4.78, 5) is 32.3. The molecule has 1 saturated heterocycles. The molecule has 5 rings (SSSR count). The van der Waals surface area contributed by atoms with Crippen LogP contribution in [0.2, 0.25) is 5.02 Å². The zero-order valence-electron chi connectivity index (χ0n) is 18.2. The topological polar surface area (TPSA) is 79.6 Å². The Morgan fingerprint density at radius 3 is 2.50 bits per heavy atom. The number of imidazole rings is 1. The molecule has 7 nitrogen and oxygen atoms in total. The Kier molecular flexibility index (Phi) is 6.42. The number of anilines is 1. The van der Waals surface area contributed by atoms with E-state index in [4.69, 9.17) is 11.6 Å². The first-order valence-electron chi connectivity index (χ1n) is 11.0. The van der Waals surface area contributed by atoms with Gasteiger partial charge < -0.3 is 10.2 Å². The van der Waals surface area contributed by atoms with E-state index in [1.165, 1.54) is 11.3 Å². The van der Waals surface area contributed by atoms with Crippen molar-refractivity contribution in [3.63, 3.8) is 0 Å². The third-order valence-corrected chi connectivity index (χ3v) is 6.90. The normalized spacial score (nSPS) is 14.7. The number of halogens is 1. The number of carbonyl (C=O) groups excluding carboxylic acids is 2. The lowest BCUT2D eigenvalue weighted by Crippen LogP contribution is -2.40. The standard InChI is InChI=1S/C25H22ClN5O2S/c26-20-9-7-18(8-10-20)21-16-31-25(27-21)34-24(29-31)28-23(33)19-12-14-30(15-13-19)22(32)11-6-17-4-2-1-3-5-17/h1-11,16,19H,12-15H2,(H,28,29,33). The van der Waals surface area contributed by atoms with Crippen LogP contribution in [0, 0.1) is 5.92 Å². The Hall–Kier alpha value is -3.49. The largest absolute Gasteiger partial charge is 0.339 e. The molecule has 1 fully saturated rings. The highest BCUT2D eigenvalue weighted by atomic mass is 35.5. The number of carbonyl (C=O) groups is 2. The minimum absolute atomic E-state index is 0.0275. The quantitative estimate of drug-likeness (QED) is 0.398. The summed E-state index contributed by atoms with van der Waals surface area (Å²) in [6.07, 6.45) is 6.50. The highest BCUT2D eigenvalue weighted by Crippen LogP contribution is 2.26. The average molecular weight is 492 g/mol. The Bertz CT molecular complexity index is 1310. The van der Waals surface area contributed by atoms with Gasteiger partial charge in [-0.3, -0.25) is 9.59 Å². The fraction of sp³-hybridized carbons (Fsp3) is 0.200. The molecule has 0 spiro atoms. The molecule has 0 bridgehead atoms. The number of amides is 2. The molecule has 4 aromatic rings. The minimum atomic E-state index is -0.150. The molecule has 0 saturated carbocycles. The summed E-state index contributed by atoms with van der Waals surface area (Å²) in [6, 6.07) is 17.2. The number of hydrogen-bond acceptors (Lipinski definition) is 5. The summed E-state index contributed by atoms with van der Waals surface area (Å²) in [5.74, 6) is -0.245. The van der Waals surface area contributed by atoms with Crippen molar-refractivity contribution in [2.45, 2.75) is 12.8 Å². The average Bonchev–Trinajstić information content (AvgIpc) is 3.42. The van der Waals surface area contributed by atoms with E-state index in [2.05, 4.69) is 15.4 Å². The molecule has 1 aliphatic heterocycles. The third-order valence-electron chi connectivity index (χ3n) is 5.81. The van der Waals surface area contributed by atoms with Crippen LogP contribution in [0.4, 0.5) is 5.13 Å². The van der Waals surface area contributed by atoms with Gasteiger partial charge in [0.25, 0.3) is 0 Å². The van der Waals surface area contributed by atoms with Crippen molar-refractivity contribution in [1.29, 1.82) is 0 Å². The minimum Gasteiger partial charge on any atom is -0.339 e. The highest BCUT2D eigenvalue weighted by molar-refractivity contribution is 7.20. The predicted molar refractivity (Wildman–Crippen MR) is 135 cm³/mol. The van der Waals surface area contributed by atoms with Crippen LogP contribution in [0.25, 0.3) is 22.3 Å². The van der Waals surface area contributed by atoms with Gasteiger partial charge in [0.1, 0.15) is 0 Å². The summed E-state index contributed by atoms with van der Waals surface area (Å²) in [5.41, 5.74) is 2.74. The molecule has 1 N–H and O–H groups in total. The second kappa shape index (κ2) is 9.79. The maximum absolute atomic E-state index is 12.8. The van der Waals surface area contributed by atoms with Crippen LogP contribution in [0.15, 0.2) is 66.9 Å². The smallest absolute Gasteiger partial charge is 0.246 e. The van der Waals surface area contributed by atoms with Crippen molar-refractivity contribution in [2.24, 2.45) is 5.92 Å². The van der Waals surface area contributed by atoms with Gasteiger partial charge in [0.2, 0.25) is 21.9 Å². The van der Waals surface area contributed by atoms with Gasteiger partial charge in [-0.1, -0.05) is 65.4 Å². The molecule has 2 aromatic heterocycles. The van der Waals surface area contributed by atoms with Crippen molar-refractivity contribution in [3.8, 4) is 11.3 Å². The monoisotopic (exact) mass is 491 g/mol. The van der Waals surface area contributed by atoms with E-state index in [-0.39, 0.29) is 17.7 Å². The second-order valence-corrected chi connectivity index (χ2v) is 9.49. The van der Waals surface area contributed by atoms with Crippen LogP contribution >= 0.6 is 22.9 Å². The van der Waals surface area contributed by atoms with Crippen molar-refractivity contribution >= 4 is 50.9 Å². The molecular formula is C25H22ClN5O2S. The van der Waals surface area contributed by atoms with E-state index >= 15 is 0 Å². The molecule has 0 unspecified atom stereocenters. The molecule has 0 radical (unpaired) electrons. The number of aromatic nitrogens is 3. The molecule has 172 valence electrons. The number of nitrogens with zero attached hydrogens (tertiary/aromatic N) is 4. The van der Waals surface area contributed by atoms with E-state index in [9.17, 15) is 9.59 Å². The Morgan fingerprint density at radius 2 is 1.79 bits per heavy atom. The van der Waals surface area contributed by atoms with E-state index in [1.807, 2.05) is 66.9 Å². The van der Waals surface area contributed by atoms with E-state index in [0.29, 0.717) is 41.0 Å². The molecule has 0 atom stereocenters. The third kappa shape index (κ3) is 5.03. The number of nitrogens with one attached hydrogen (secondary N) is 1. The molecular weight excluding hydrogens is 470 g/mol. The zero-order chi connectivity index (χ0) is 23.5. The number of likely N-dealkylation sites (tertiary alicyclic amines) is 1. The SMILES string of the molecule is O=C(Nc1nn2cc(-c3ccc(Cl)cc3)nc2s1)C1CCN(C(=O)C=Cc2ccccc2)CC1. The van der Waals surface area contributed by atoms with Gasteiger partial charge in [0.05, 0.1) is 11.9 Å².